The van der Waals surface area contributed by atoms with Crippen molar-refractivity contribution in [1.82, 2.24) is 9.97 Å². The van der Waals surface area contributed by atoms with Crippen LogP contribution in [0.3, 0.4) is 0 Å². The highest BCUT2D eigenvalue weighted by Gasteiger charge is 2.30. The summed E-state index contributed by atoms with van der Waals surface area (Å²) >= 11 is 11.7. The number of nitrogens with two attached hydrogens (primary N) is 1. The van der Waals surface area contributed by atoms with Gasteiger partial charge >= 0.3 is 0 Å². The Morgan fingerprint density at radius 2 is 2.11 bits per heavy atom. The number of anilines is 1. The number of rotatable bonds is 3. The largest absolute Gasteiger partial charge is 0.369 e. The van der Waals surface area contributed by atoms with Crippen LogP contribution in [-0.2, 0) is 4.79 Å². The summed E-state index contributed by atoms with van der Waals surface area (Å²) in [5, 5.41) is 3.65. The van der Waals surface area contributed by atoms with Gasteiger partial charge in [-0.1, -0.05) is 24.4 Å². The molecule has 1 saturated carbocycles. The number of nitrogens with one attached hydrogen (secondary N) is 1. The van der Waals surface area contributed by atoms with E-state index < -0.39 is 0 Å². The van der Waals surface area contributed by atoms with Crippen LogP contribution in [-0.4, -0.2) is 21.9 Å². The molecule has 0 saturated heterocycles. The highest BCUT2D eigenvalue weighted by atomic mass is 35.5. The zero-order chi connectivity index (χ0) is 13.1. The molecule has 98 valence electrons. The number of aromatic nitrogens is 2. The SMILES string of the molecule is NC(=O)[C@@H]1CCCC[C@H]1Nc1nc(Cl)ncc1Cl. The number of amides is 1. The van der Waals surface area contributed by atoms with Crippen molar-refractivity contribution in [3.63, 3.8) is 0 Å². The summed E-state index contributed by atoms with van der Waals surface area (Å²) < 4.78 is 0. The van der Waals surface area contributed by atoms with Crippen LogP contribution in [0, 0.1) is 5.92 Å². The number of hydrogen-bond donors (Lipinski definition) is 2. The summed E-state index contributed by atoms with van der Waals surface area (Å²) in [4.78, 5) is 19.2. The van der Waals surface area contributed by atoms with E-state index in [1.807, 2.05) is 0 Å². The molecule has 1 aromatic rings. The van der Waals surface area contributed by atoms with Gasteiger partial charge in [0.05, 0.1) is 12.1 Å². The van der Waals surface area contributed by atoms with E-state index in [9.17, 15) is 4.79 Å². The zero-order valence-corrected chi connectivity index (χ0v) is 11.2. The second kappa shape index (κ2) is 5.71. The van der Waals surface area contributed by atoms with Gasteiger partial charge in [0.25, 0.3) is 0 Å². The molecule has 1 heterocycles. The Morgan fingerprint density at radius 3 is 2.83 bits per heavy atom. The molecular weight excluding hydrogens is 275 g/mol. The minimum Gasteiger partial charge on any atom is -0.369 e. The van der Waals surface area contributed by atoms with E-state index in [-0.39, 0.29) is 23.2 Å². The smallest absolute Gasteiger partial charge is 0.224 e. The van der Waals surface area contributed by atoms with Crippen molar-refractivity contribution in [2.24, 2.45) is 11.7 Å². The predicted molar refractivity (Wildman–Crippen MR) is 70.6 cm³/mol. The van der Waals surface area contributed by atoms with Crippen LogP contribution in [0.1, 0.15) is 25.7 Å². The van der Waals surface area contributed by atoms with E-state index in [2.05, 4.69) is 15.3 Å². The molecule has 1 aromatic heterocycles. The van der Waals surface area contributed by atoms with Gasteiger partial charge in [-0.15, -0.1) is 0 Å². The summed E-state index contributed by atoms with van der Waals surface area (Å²) in [5.41, 5.74) is 5.41. The van der Waals surface area contributed by atoms with Crippen LogP contribution in [0.15, 0.2) is 6.20 Å². The van der Waals surface area contributed by atoms with E-state index in [1.54, 1.807) is 0 Å². The fraction of sp³-hybridized carbons (Fsp3) is 0.545. The molecule has 0 radical (unpaired) electrons. The quantitative estimate of drug-likeness (QED) is 0.836. The van der Waals surface area contributed by atoms with Crippen LogP contribution in [0.5, 0.6) is 0 Å². The van der Waals surface area contributed by atoms with E-state index in [0.29, 0.717) is 10.8 Å². The minimum atomic E-state index is -0.288. The second-order valence-corrected chi connectivity index (χ2v) is 5.12. The van der Waals surface area contributed by atoms with Crippen molar-refractivity contribution in [2.75, 3.05) is 5.32 Å². The van der Waals surface area contributed by atoms with Gasteiger partial charge in [-0.05, 0) is 24.4 Å². The van der Waals surface area contributed by atoms with Crippen molar-refractivity contribution >= 4 is 34.9 Å². The Bertz CT molecular complexity index is 455. The Labute approximate surface area is 115 Å². The van der Waals surface area contributed by atoms with Gasteiger partial charge in [-0.2, -0.15) is 4.98 Å². The van der Waals surface area contributed by atoms with E-state index in [1.165, 1.54) is 6.20 Å². The number of carbonyl (C=O) groups is 1. The number of hydrogen-bond acceptors (Lipinski definition) is 4. The molecule has 18 heavy (non-hydrogen) atoms. The van der Waals surface area contributed by atoms with Gasteiger partial charge in [0.1, 0.15) is 10.8 Å². The summed E-state index contributed by atoms with van der Waals surface area (Å²) in [5.74, 6) is -0.0261. The van der Waals surface area contributed by atoms with Crippen molar-refractivity contribution in [3.8, 4) is 0 Å². The lowest BCUT2D eigenvalue weighted by molar-refractivity contribution is -0.122. The first-order valence-corrected chi connectivity index (χ1v) is 6.57. The molecule has 3 N–H and O–H groups in total. The topological polar surface area (TPSA) is 80.9 Å². The highest BCUT2D eigenvalue weighted by molar-refractivity contribution is 6.33. The Kier molecular flexibility index (Phi) is 4.24. The lowest BCUT2D eigenvalue weighted by Crippen LogP contribution is -2.40. The molecule has 7 heteroatoms. The molecular formula is C11H14Cl2N4O. The molecule has 0 unspecified atom stereocenters. The molecule has 0 aromatic carbocycles. The zero-order valence-electron chi connectivity index (χ0n) is 9.70. The average molecular weight is 289 g/mol. The van der Waals surface area contributed by atoms with E-state index in [4.69, 9.17) is 28.9 Å². The predicted octanol–water partition coefficient (Wildman–Crippen LogP) is 2.24. The third-order valence-electron chi connectivity index (χ3n) is 3.17. The maximum atomic E-state index is 11.4. The third-order valence-corrected chi connectivity index (χ3v) is 3.63. The van der Waals surface area contributed by atoms with Crippen molar-refractivity contribution < 1.29 is 4.79 Å². The normalized spacial score (nSPS) is 23.7. The van der Waals surface area contributed by atoms with Crippen LogP contribution in [0.4, 0.5) is 5.82 Å². The Balaban J connectivity index is 2.15. The van der Waals surface area contributed by atoms with Gasteiger partial charge < -0.3 is 11.1 Å². The number of halogens is 2. The van der Waals surface area contributed by atoms with Crippen LogP contribution >= 0.6 is 23.2 Å². The van der Waals surface area contributed by atoms with Gasteiger partial charge in [0.2, 0.25) is 11.2 Å². The molecule has 1 amide bonds. The van der Waals surface area contributed by atoms with Crippen molar-refractivity contribution in [3.05, 3.63) is 16.5 Å². The first-order valence-electron chi connectivity index (χ1n) is 5.82. The number of primary amides is 1. The highest BCUT2D eigenvalue weighted by Crippen LogP contribution is 2.29. The molecule has 5 nitrogen and oxygen atoms in total. The summed E-state index contributed by atoms with van der Waals surface area (Å²) in [6.45, 7) is 0. The van der Waals surface area contributed by atoms with Gasteiger partial charge in [0, 0.05) is 6.04 Å². The first kappa shape index (κ1) is 13.4. The first-order chi connectivity index (χ1) is 8.58. The minimum absolute atomic E-state index is 0.0419. The second-order valence-electron chi connectivity index (χ2n) is 4.38. The van der Waals surface area contributed by atoms with Crippen LogP contribution < -0.4 is 11.1 Å². The van der Waals surface area contributed by atoms with Gasteiger partial charge in [-0.25, -0.2) is 4.98 Å². The van der Waals surface area contributed by atoms with Gasteiger partial charge in [0.15, 0.2) is 0 Å². The molecule has 2 rings (SSSR count). The molecule has 1 aliphatic carbocycles. The monoisotopic (exact) mass is 288 g/mol. The van der Waals surface area contributed by atoms with E-state index >= 15 is 0 Å². The van der Waals surface area contributed by atoms with Crippen molar-refractivity contribution in [1.29, 1.82) is 0 Å². The average Bonchev–Trinajstić information content (AvgIpc) is 2.34. The van der Waals surface area contributed by atoms with Crippen LogP contribution in [0.25, 0.3) is 0 Å². The van der Waals surface area contributed by atoms with Crippen molar-refractivity contribution in [2.45, 2.75) is 31.7 Å². The van der Waals surface area contributed by atoms with Gasteiger partial charge in [-0.3, -0.25) is 4.79 Å². The molecule has 1 aliphatic rings. The molecule has 0 bridgehead atoms. The molecule has 0 spiro atoms. The fourth-order valence-electron chi connectivity index (χ4n) is 2.27. The maximum absolute atomic E-state index is 11.4. The molecule has 2 atom stereocenters. The summed E-state index contributed by atoms with van der Waals surface area (Å²) in [7, 11) is 0. The Hall–Kier alpha value is -1.07. The number of nitrogens with zero attached hydrogens (tertiary/aromatic N) is 2. The maximum Gasteiger partial charge on any atom is 0.224 e. The fourth-order valence-corrected chi connectivity index (χ4v) is 2.55. The molecule has 0 aliphatic heterocycles. The molecule has 1 fully saturated rings. The lowest BCUT2D eigenvalue weighted by Gasteiger charge is -2.30. The standard InChI is InChI=1S/C11H14Cl2N4O/c12-7-5-15-11(13)17-10(7)16-8-4-2-1-3-6(8)9(14)18/h5-6,8H,1-4H2,(H2,14,18)(H,15,16,17)/t6-,8-/m1/s1. The third kappa shape index (κ3) is 3.03. The van der Waals surface area contributed by atoms with Crippen LogP contribution in [0.2, 0.25) is 10.3 Å². The summed E-state index contributed by atoms with van der Waals surface area (Å²) in [6, 6.07) is -0.0419. The summed E-state index contributed by atoms with van der Waals surface area (Å²) in [6.07, 6.45) is 5.16. The lowest BCUT2D eigenvalue weighted by atomic mass is 9.84. The Morgan fingerprint density at radius 1 is 1.39 bits per heavy atom. The number of carbonyl (C=O) groups excluding carboxylic acids is 1. The van der Waals surface area contributed by atoms with E-state index in [0.717, 1.165) is 25.7 Å².